The lowest BCUT2D eigenvalue weighted by Gasteiger charge is -2.18. The van der Waals surface area contributed by atoms with Crippen molar-refractivity contribution in [1.82, 2.24) is 10.2 Å². The number of carbonyl (C=O) groups is 1. The van der Waals surface area contributed by atoms with Gasteiger partial charge in [-0.25, -0.2) is 4.99 Å². The number of fused-ring (bicyclic) bond motifs is 3. The number of rotatable bonds is 4. The molecule has 2 aliphatic heterocycles. The van der Waals surface area contributed by atoms with Gasteiger partial charge in [0.1, 0.15) is 17.9 Å². The van der Waals surface area contributed by atoms with Crippen molar-refractivity contribution >= 4 is 35.6 Å². The van der Waals surface area contributed by atoms with Crippen LogP contribution >= 0.6 is 11.6 Å². The third kappa shape index (κ3) is 2.82. The lowest BCUT2D eigenvalue weighted by Crippen LogP contribution is -2.32. The first kappa shape index (κ1) is 15.9. The summed E-state index contributed by atoms with van der Waals surface area (Å²) < 4.78 is 5.66. The van der Waals surface area contributed by atoms with E-state index in [1.54, 1.807) is 13.3 Å². The Morgan fingerprint density at radius 2 is 2.24 bits per heavy atom. The molecule has 1 amide bonds. The van der Waals surface area contributed by atoms with Crippen LogP contribution in [0.4, 0.5) is 5.88 Å². The fraction of sp³-hybridized carbons (Fsp3) is 0.278. The number of hydrogen-bond donors (Lipinski definition) is 1. The second-order valence-electron chi connectivity index (χ2n) is 5.95. The van der Waals surface area contributed by atoms with Crippen molar-refractivity contribution in [3.05, 3.63) is 51.7 Å². The summed E-state index contributed by atoms with van der Waals surface area (Å²) in [6.45, 7) is 3.73. The quantitative estimate of drug-likeness (QED) is 0.915. The third-order valence-electron chi connectivity index (χ3n) is 4.34. The van der Waals surface area contributed by atoms with Crippen LogP contribution in [0.15, 0.2) is 38.7 Å². The van der Waals surface area contributed by atoms with Gasteiger partial charge < -0.3 is 14.6 Å². The van der Waals surface area contributed by atoms with E-state index in [1.165, 1.54) is 0 Å². The minimum Gasteiger partial charge on any atom is -0.442 e. The molecular weight excluding hydrogens is 340 g/mol. The van der Waals surface area contributed by atoms with Crippen LogP contribution in [0, 0.1) is 6.92 Å². The topological polar surface area (TPSA) is 70.2 Å². The molecule has 0 atom stereocenters. The van der Waals surface area contributed by atoms with E-state index < -0.39 is 0 Å². The molecule has 0 bridgehead atoms. The molecule has 7 heteroatoms. The van der Waals surface area contributed by atoms with Crippen molar-refractivity contribution in [2.45, 2.75) is 13.3 Å². The molecule has 3 heterocycles. The van der Waals surface area contributed by atoms with Gasteiger partial charge >= 0.3 is 0 Å². The van der Waals surface area contributed by atoms with Gasteiger partial charge in [-0.05, 0) is 25.0 Å². The zero-order chi connectivity index (χ0) is 17.4. The zero-order valence-corrected chi connectivity index (χ0v) is 14.5. The fourth-order valence-corrected chi connectivity index (χ4v) is 3.35. The van der Waals surface area contributed by atoms with Gasteiger partial charge in [0.25, 0.3) is 5.91 Å². The number of aliphatic imine (C=N–C) groups is 2. The van der Waals surface area contributed by atoms with Gasteiger partial charge in [0.15, 0.2) is 0 Å². The summed E-state index contributed by atoms with van der Waals surface area (Å²) in [6, 6.07) is 7.63. The summed E-state index contributed by atoms with van der Waals surface area (Å²) in [5, 5.41) is 3.66. The van der Waals surface area contributed by atoms with E-state index in [9.17, 15) is 4.79 Å². The number of halogens is 1. The molecule has 2 aromatic rings. The van der Waals surface area contributed by atoms with E-state index >= 15 is 0 Å². The summed E-state index contributed by atoms with van der Waals surface area (Å²) in [5.74, 6) is 1.58. The molecule has 0 radical (unpaired) electrons. The molecule has 1 aromatic heterocycles. The average molecular weight is 357 g/mol. The highest BCUT2D eigenvalue weighted by Crippen LogP contribution is 2.34. The van der Waals surface area contributed by atoms with E-state index in [4.69, 9.17) is 16.0 Å². The van der Waals surface area contributed by atoms with Crippen LogP contribution < -0.4 is 5.32 Å². The van der Waals surface area contributed by atoms with Crippen LogP contribution in [0.2, 0.25) is 5.02 Å². The Morgan fingerprint density at radius 1 is 1.40 bits per heavy atom. The first-order chi connectivity index (χ1) is 12.1. The molecule has 0 unspecified atom stereocenters. The van der Waals surface area contributed by atoms with Crippen LogP contribution in [-0.2, 0) is 6.42 Å². The molecule has 0 fully saturated rings. The van der Waals surface area contributed by atoms with Crippen molar-refractivity contribution in [2.24, 2.45) is 9.98 Å². The Morgan fingerprint density at radius 3 is 3.08 bits per heavy atom. The number of hydrogen-bond acceptors (Lipinski definition) is 5. The van der Waals surface area contributed by atoms with Crippen molar-refractivity contribution < 1.29 is 9.21 Å². The highest BCUT2D eigenvalue weighted by Gasteiger charge is 2.33. The largest absolute Gasteiger partial charge is 0.442 e. The number of benzene rings is 1. The van der Waals surface area contributed by atoms with Crippen LogP contribution in [0.3, 0.4) is 0 Å². The van der Waals surface area contributed by atoms with Crippen molar-refractivity contribution in [2.75, 3.05) is 19.6 Å². The van der Waals surface area contributed by atoms with E-state index in [1.807, 2.05) is 29.2 Å². The monoisotopic (exact) mass is 356 g/mol. The van der Waals surface area contributed by atoms with Gasteiger partial charge in [0, 0.05) is 18.1 Å². The van der Waals surface area contributed by atoms with Crippen LogP contribution in [0.25, 0.3) is 0 Å². The Hall–Kier alpha value is -2.60. The van der Waals surface area contributed by atoms with Gasteiger partial charge in [0.2, 0.25) is 5.88 Å². The second kappa shape index (κ2) is 6.37. The highest BCUT2D eigenvalue weighted by atomic mass is 35.5. The first-order valence-electron chi connectivity index (χ1n) is 8.16. The minimum atomic E-state index is -0.179. The molecule has 6 nitrogen and oxygen atoms in total. The highest BCUT2D eigenvalue weighted by molar-refractivity contribution is 6.31. The van der Waals surface area contributed by atoms with Gasteiger partial charge in [-0.3, -0.25) is 9.79 Å². The van der Waals surface area contributed by atoms with Crippen molar-refractivity contribution in [3.8, 4) is 0 Å². The maximum absolute atomic E-state index is 12.7. The van der Waals surface area contributed by atoms with E-state index in [0.717, 1.165) is 17.9 Å². The predicted octanol–water partition coefficient (Wildman–Crippen LogP) is 2.95. The van der Waals surface area contributed by atoms with Crippen LogP contribution in [-0.4, -0.2) is 42.6 Å². The standard InChI is InChI=1S/C18H17ClN4O2/c1-11-14(15-16-20-8-9-23(16)10-22-18(15)25-11)17(24)21-7-6-12-4-2-3-5-13(12)19/h2-5,10H,6-9H2,1H3,(H,21,24). The molecule has 0 saturated carbocycles. The summed E-state index contributed by atoms with van der Waals surface area (Å²) in [4.78, 5) is 23.5. The van der Waals surface area contributed by atoms with Gasteiger partial charge in [-0.2, -0.15) is 0 Å². The number of amidine groups is 1. The first-order valence-corrected chi connectivity index (χ1v) is 8.53. The van der Waals surface area contributed by atoms with Crippen LogP contribution in [0.1, 0.15) is 27.2 Å². The van der Waals surface area contributed by atoms with E-state index in [2.05, 4.69) is 15.3 Å². The Balaban J connectivity index is 1.53. The summed E-state index contributed by atoms with van der Waals surface area (Å²) in [7, 11) is 0. The fourth-order valence-electron chi connectivity index (χ4n) is 3.12. The number of amides is 1. The maximum atomic E-state index is 12.7. The molecule has 0 spiro atoms. The Kier molecular flexibility index (Phi) is 4.05. The number of nitrogens with zero attached hydrogens (tertiary/aromatic N) is 3. The van der Waals surface area contributed by atoms with E-state index in [0.29, 0.717) is 47.3 Å². The molecule has 0 saturated heterocycles. The zero-order valence-electron chi connectivity index (χ0n) is 13.8. The lowest BCUT2D eigenvalue weighted by atomic mass is 10.1. The average Bonchev–Trinajstić information content (AvgIpc) is 3.19. The number of aryl methyl sites for hydroxylation is 1. The maximum Gasteiger partial charge on any atom is 0.255 e. The second-order valence-corrected chi connectivity index (χ2v) is 6.36. The normalized spacial score (nSPS) is 15.0. The molecule has 25 heavy (non-hydrogen) atoms. The summed E-state index contributed by atoms with van der Waals surface area (Å²) >= 11 is 6.16. The minimum absolute atomic E-state index is 0.179. The van der Waals surface area contributed by atoms with Crippen molar-refractivity contribution in [1.29, 1.82) is 0 Å². The Bertz CT molecular complexity index is 900. The molecule has 1 N–H and O–H groups in total. The smallest absolute Gasteiger partial charge is 0.255 e. The molecule has 0 aliphatic carbocycles. The molecule has 2 aliphatic rings. The van der Waals surface area contributed by atoms with Crippen LogP contribution in [0.5, 0.6) is 0 Å². The number of carbonyl (C=O) groups excluding carboxylic acids is 1. The van der Waals surface area contributed by atoms with Gasteiger partial charge in [0.05, 0.1) is 17.7 Å². The predicted molar refractivity (Wildman–Crippen MR) is 97.2 cm³/mol. The Labute approximate surface area is 150 Å². The van der Waals surface area contributed by atoms with Gasteiger partial charge in [-0.1, -0.05) is 29.8 Å². The molecular formula is C18H17ClN4O2. The molecule has 4 rings (SSSR count). The SMILES string of the molecule is Cc1oc2c(c1C(=O)NCCc1ccccc1Cl)C1=NCCN1C=N2. The number of nitrogens with one attached hydrogen (secondary N) is 1. The number of furan rings is 1. The summed E-state index contributed by atoms with van der Waals surface area (Å²) in [6.07, 6.45) is 2.37. The molecule has 128 valence electrons. The third-order valence-corrected chi connectivity index (χ3v) is 4.71. The summed E-state index contributed by atoms with van der Waals surface area (Å²) in [5.41, 5.74) is 2.20. The molecule has 1 aromatic carbocycles. The van der Waals surface area contributed by atoms with Crippen molar-refractivity contribution in [3.63, 3.8) is 0 Å². The van der Waals surface area contributed by atoms with E-state index in [-0.39, 0.29) is 5.91 Å². The lowest BCUT2D eigenvalue weighted by molar-refractivity contribution is 0.0952. The van der Waals surface area contributed by atoms with Gasteiger partial charge in [-0.15, -0.1) is 0 Å².